The second kappa shape index (κ2) is 5.37. The lowest BCUT2D eigenvalue weighted by atomic mass is 10.2. The van der Waals surface area contributed by atoms with E-state index in [1.165, 1.54) is 6.07 Å². The maximum Gasteiger partial charge on any atom is 0.193 e. The Balaban J connectivity index is 2.21. The molecule has 0 unspecified atom stereocenters. The molecule has 0 aliphatic rings. The highest BCUT2D eigenvalue weighted by Gasteiger charge is 2.13. The minimum Gasteiger partial charge on any atom is -0.453 e. The van der Waals surface area contributed by atoms with Gasteiger partial charge in [-0.2, -0.15) is 5.10 Å². The third-order valence-electron chi connectivity index (χ3n) is 3.40. The Morgan fingerprint density at radius 2 is 2.14 bits per heavy atom. The minimum atomic E-state index is -0.105. The Morgan fingerprint density at radius 1 is 1.33 bits per heavy atom. The molecule has 0 spiro atoms. The highest BCUT2D eigenvalue weighted by Crippen LogP contribution is 2.27. The van der Waals surface area contributed by atoms with Crippen LogP contribution in [0.5, 0.6) is 0 Å². The summed E-state index contributed by atoms with van der Waals surface area (Å²) in [6.45, 7) is 2.10. The quantitative estimate of drug-likeness (QED) is 0.739. The zero-order chi connectivity index (χ0) is 15.0. The molecule has 0 N–H and O–H groups in total. The second-order valence-corrected chi connectivity index (χ2v) is 5.39. The van der Waals surface area contributed by atoms with E-state index in [0.717, 1.165) is 24.2 Å². The molecule has 21 heavy (non-hydrogen) atoms. The molecular weight excluding hydrogens is 288 g/mol. The van der Waals surface area contributed by atoms with Crippen LogP contribution in [0.4, 0.5) is 0 Å². The summed E-state index contributed by atoms with van der Waals surface area (Å²) < 4.78 is 7.57. The standard InChI is InChI=1S/C16H15ClN2O2/c1-3-5-10-8-13(19(2)18-10)15-9-14(20)11-6-4-7-12(17)16(11)21-15/h4,6-9H,3,5H2,1-2H3. The van der Waals surface area contributed by atoms with Gasteiger partial charge in [-0.05, 0) is 24.6 Å². The second-order valence-electron chi connectivity index (χ2n) is 4.99. The van der Waals surface area contributed by atoms with Crippen molar-refractivity contribution in [1.29, 1.82) is 0 Å². The van der Waals surface area contributed by atoms with Crippen molar-refractivity contribution in [3.8, 4) is 11.5 Å². The van der Waals surface area contributed by atoms with E-state index in [0.29, 0.717) is 21.8 Å². The summed E-state index contributed by atoms with van der Waals surface area (Å²) >= 11 is 6.13. The van der Waals surface area contributed by atoms with Crippen LogP contribution >= 0.6 is 11.6 Å². The molecule has 0 aliphatic carbocycles. The Hall–Kier alpha value is -2.07. The lowest BCUT2D eigenvalue weighted by molar-refractivity contribution is 0.606. The van der Waals surface area contributed by atoms with Crippen molar-refractivity contribution in [1.82, 2.24) is 9.78 Å². The largest absolute Gasteiger partial charge is 0.453 e. The molecule has 108 valence electrons. The fourth-order valence-corrected chi connectivity index (χ4v) is 2.62. The summed E-state index contributed by atoms with van der Waals surface area (Å²) in [5, 5.41) is 5.35. The van der Waals surface area contributed by atoms with Crippen LogP contribution in [0.15, 0.2) is 39.5 Å². The SMILES string of the molecule is CCCc1cc(-c2cc(=O)c3cccc(Cl)c3o2)n(C)n1. The number of aryl methyl sites for hydroxylation is 2. The van der Waals surface area contributed by atoms with Crippen molar-refractivity contribution in [2.24, 2.45) is 7.05 Å². The number of hydrogen-bond acceptors (Lipinski definition) is 3. The first kappa shape index (κ1) is 13.9. The summed E-state index contributed by atoms with van der Waals surface area (Å²) in [5.74, 6) is 0.484. The van der Waals surface area contributed by atoms with Crippen molar-refractivity contribution in [3.05, 3.63) is 51.3 Å². The van der Waals surface area contributed by atoms with Crippen molar-refractivity contribution in [2.45, 2.75) is 19.8 Å². The van der Waals surface area contributed by atoms with E-state index in [9.17, 15) is 4.79 Å². The summed E-state index contributed by atoms with van der Waals surface area (Å²) in [7, 11) is 1.84. The first-order valence-corrected chi connectivity index (χ1v) is 7.23. The molecule has 0 fully saturated rings. The van der Waals surface area contributed by atoms with Gasteiger partial charge in [-0.1, -0.05) is 31.0 Å². The maximum atomic E-state index is 12.2. The Labute approximate surface area is 127 Å². The molecule has 3 rings (SSSR count). The van der Waals surface area contributed by atoms with Crippen LogP contribution in [0, 0.1) is 0 Å². The number of rotatable bonds is 3. The van der Waals surface area contributed by atoms with E-state index < -0.39 is 0 Å². The Bertz CT molecular complexity index is 864. The molecule has 2 aromatic heterocycles. The van der Waals surface area contributed by atoms with E-state index >= 15 is 0 Å². The number of para-hydroxylation sites is 1. The number of benzene rings is 1. The van der Waals surface area contributed by atoms with E-state index in [1.807, 2.05) is 13.1 Å². The minimum absolute atomic E-state index is 0.105. The Kier molecular flexibility index (Phi) is 3.55. The summed E-state index contributed by atoms with van der Waals surface area (Å²) in [6.07, 6.45) is 1.91. The summed E-state index contributed by atoms with van der Waals surface area (Å²) in [5.41, 5.74) is 2.07. The summed E-state index contributed by atoms with van der Waals surface area (Å²) in [6, 6.07) is 8.60. The normalized spacial score (nSPS) is 11.2. The fourth-order valence-electron chi connectivity index (χ4n) is 2.40. The zero-order valence-electron chi connectivity index (χ0n) is 11.9. The van der Waals surface area contributed by atoms with Gasteiger partial charge in [0.2, 0.25) is 0 Å². The van der Waals surface area contributed by atoms with Crippen molar-refractivity contribution in [3.63, 3.8) is 0 Å². The van der Waals surface area contributed by atoms with Gasteiger partial charge >= 0.3 is 0 Å². The van der Waals surface area contributed by atoms with Gasteiger partial charge in [-0.15, -0.1) is 0 Å². The third kappa shape index (κ3) is 2.47. The molecule has 4 nitrogen and oxygen atoms in total. The van der Waals surface area contributed by atoms with E-state index in [1.54, 1.807) is 22.9 Å². The van der Waals surface area contributed by atoms with Gasteiger partial charge in [-0.3, -0.25) is 9.48 Å². The van der Waals surface area contributed by atoms with Crippen LogP contribution in [0.1, 0.15) is 19.0 Å². The van der Waals surface area contributed by atoms with Crippen LogP contribution < -0.4 is 5.43 Å². The molecule has 0 atom stereocenters. The molecule has 0 radical (unpaired) electrons. The number of nitrogens with zero attached hydrogens (tertiary/aromatic N) is 2. The molecule has 0 aliphatic heterocycles. The number of halogens is 1. The number of hydrogen-bond donors (Lipinski definition) is 0. The topological polar surface area (TPSA) is 48.0 Å². The molecular formula is C16H15ClN2O2. The fraction of sp³-hybridized carbons (Fsp3) is 0.250. The number of fused-ring (bicyclic) bond motifs is 1. The maximum absolute atomic E-state index is 12.2. The van der Waals surface area contributed by atoms with Crippen molar-refractivity contribution >= 4 is 22.6 Å². The van der Waals surface area contributed by atoms with Crippen LogP contribution in [-0.2, 0) is 13.5 Å². The molecule has 3 aromatic rings. The predicted molar refractivity (Wildman–Crippen MR) is 83.7 cm³/mol. The van der Waals surface area contributed by atoms with Gasteiger partial charge in [0.15, 0.2) is 16.8 Å². The number of aromatic nitrogens is 2. The molecule has 5 heteroatoms. The lowest BCUT2D eigenvalue weighted by Crippen LogP contribution is -2.02. The van der Waals surface area contributed by atoms with Crippen LogP contribution in [0.3, 0.4) is 0 Å². The van der Waals surface area contributed by atoms with E-state index in [2.05, 4.69) is 12.0 Å². The average Bonchev–Trinajstić information content (AvgIpc) is 2.81. The molecule has 2 heterocycles. The van der Waals surface area contributed by atoms with Gasteiger partial charge in [0, 0.05) is 13.1 Å². The van der Waals surface area contributed by atoms with Gasteiger partial charge in [0.1, 0.15) is 5.69 Å². The van der Waals surface area contributed by atoms with E-state index in [4.69, 9.17) is 16.0 Å². The average molecular weight is 303 g/mol. The highest BCUT2D eigenvalue weighted by molar-refractivity contribution is 6.34. The zero-order valence-corrected chi connectivity index (χ0v) is 12.6. The van der Waals surface area contributed by atoms with E-state index in [-0.39, 0.29) is 5.43 Å². The predicted octanol–water partition coefficient (Wildman–Crippen LogP) is 3.80. The Morgan fingerprint density at radius 3 is 2.90 bits per heavy atom. The summed E-state index contributed by atoms with van der Waals surface area (Å²) in [4.78, 5) is 12.2. The monoisotopic (exact) mass is 302 g/mol. The van der Waals surface area contributed by atoms with Gasteiger partial charge in [-0.25, -0.2) is 0 Å². The highest BCUT2D eigenvalue weighted by atomic mass is 35.5. The first-order valence-electron chi connectivity index (χ1n) is 6.86. The molecule has 0 amide bonds. The smallest absolute Gasteiger partial charge is 0.193 e. The third-order valence-corrected chi connectivity index (χ3v) is 3.69. The van der Waals surface area contributed by atoms with Crippen molar-refractivity contribution < 1.29 is 4.42 Å². The molecule has 1 aromatic carbocycles. The van der Waals surface area contributed by atoms with Crippen LogP contribution in [0.2, 0.25) is 5.02 Å². The van der Waals surface area contributed by atoms with Gasteiger partial charge in [0.05, 0.1) is 16.1 Å². The van der Waals surface area contributed by atoms with Gasteiger partial charge in [0.25, 0.3) is 0 Å². The molecule has 0 saturated carbocycles. The molecule has 0 saturated heterocycles. The van der Waals surface area contributed by atoms with Crippen molar-refractivity contribution in [2.75, 3.05) is 0 Å². The van der Waals surface area contributed by atoms with Crippen LogP contribution in [-0.4, -0.2) is 9.78 Å². The first-order chi connectivity index (χ1) is 10.1. The molecule has 0 bridgehead atoms. The van der Waals surface area contributed by atoms with Crippen LogP contribution in [0.25, 0.3) is 22.4 Å². The van der Waals surface area contributed by atoms with Gasteiger partial charge < -0.3 is 4.42 Å². The lowest BCUT2D eigenvalue weighted by Gasteiger charge is -2.04.